The van der Waals surface area contributed by atoms with Crippen molar-refractivity contribution in [1.82, 2.24) is 4.90 Å². The molecule has 0 aliphatic carbocycles. The Bertz CT molecular complexity index is 523. The number of nitrogens with two attached hydrogens (primary N) is 1. The smallest absolute Gasteiger partial charge is 0.0550 e. The summed E-state index contributed by atoms with van der Waals surface area (Å²) in [5.41, 5.74) is 9.01. The van der Waals surface area contributed by atoms with E-state index in [1.54, 1.807) is 0 Å². The molecular formula is C17H20N2. The fraction of sp³-hybridized carbons (Fsp3) is 0.294. The molecule has 1 atom stereocenters. The topological polar surface area (TPSA) is 29.3 Å². The van der Waals surface area contributed by atoms with E-state index in [9.17, 15) is 0 Å². The van der Waals surface area contributed by atoms with Gasteiger partial charge in [-0.15, -0.1) is 0 Å². The van der Waals surface area contributed by atoms with Gasteiger partial charge in [-0.2, -0.15) is 0 Å². The lowest BCUT2D eigenvalue weighted by Crippen LogP contribution is -2.39. The molecular weight excluding hydrogens is 232 g/mol. The molecule has 0 aromatic heterocycles. The molecule has 98 valence electrons. The summed E-state index contributed by atoms with van der Waals surface area (Å²) in [5.74, 6) is 0. The maximum absolute atomic E-state index is 6.58. The van der Waals surface area contributed by atoms with E-state index in [-0.39, 0.29) is 5.54 Å². The van der Waals surface area contributed by atoms with Crippen LogP contribution in [0.3, 0.4) is 0 Å². The average molecular weight is 252 g/mol. The van der Waals surface area contributed by atoms with E-state index in [1.807, 2.05) is 6.07 Å². The molecule has 19 heavy (non-hydrogen) atoms. The van der Waals surface area contributed by atoms with E-state index in [0.717, 1.165) is 26.1 Å². The van der Waals surface area contributed by atoms with Gasteiger partial charge in [0, 0.05) is 19.6 Å². The molecule has 0 radical (unpaired) electrons. The van der Waals surface area contributed by atoms with Gasteiger partial charge in [0.15, 0.2) is 0 Å². The first kappa shape index (κ1) is 12.4. The summed E-state index contributed by atoms with van der Waals surface area (Å²) in [7, 11) is 0. The van der Waals surface area contributed by atoms with Crippen molar-refractivity contribution < 1.29 is 0 Å². The largest absolute Gasteiger partial charge is 0.320 e. The summed E-state index contributed by atoms with van der Waals surface area (Å²) in [6.07, 6.45) is 1.03. The summed E-state index contributed by atoms with van der Waals surface area (Å²) >= 11 is 0. The van der Waals surface area contributed by atoms with Gasteiger partial charge < -0.3 is 5.73 Å². The standard InChI is InChI=1S/C17H20N2/c18-17(16-9-5-2-6-10-16)11-12-19(14-17)13-15-7-3-1-4-8-15/h1-10H,11-14,18H2/t17-/m0/s1. The summed E-state index contributed by atoms with van der Waals surface area (Å²) < 4.78 is 0. The number of benzene rings is 2. The van der Waals surface area contributed by atoms with Gasteiger partial charge in [0.25, 0.3) is 0 Å². The second-order valence-electron chi connectivity index (χ2n) is 5.47. The van der Waals surface area contributed by atoms with Crippen LogP contribution in [-0.4, -0.2) is 18.0 Å². The predicted molar refractivity (Wildman–Crippen MR) is 78.6 cm³/mol. The minimum atomic E-state index is -0.184. The van der Waals surface area contributed by atoms with E-state index in [4.69, 9.17) is 5.73 Å². The molecule has 2 aromatic rings. The van der Waals surface area contributed by atoms with Crippen LogP contribution < -0.4 is 5.73 Å². The van der Waals surface area contributed by atoms with E-state index in [1.165, 1.54) is 11.1 Å². The SMILES string of the molecule is N[C@@]1(c2ccccc2)CCN(Cc2ccccc2)C1. The highest BCUT2D eigenvalue weighted by atomic mass is 15.2. The van der Waals surface area contributed by atoms with Gasteiger partial charge >= 0.3 is 0 Å². The second-order valence-corrected chi connectivity index (χ2v) is 5.47. The van der Waals surface area contributed by atoms with Gasteiger partial charge in [-0.3, -0.25) is 4.90 Å². The minimum Gasteiger partial charge on any atom is -0.320 e. The molecule has 0 amide bonds. The van der Waals surface area contributed by atoms with E-state index >= 15 is 0 Å². The predicted octanol–water partition coefficient (Wildman–Crippen LogP) is 2.75. The first-order valence-corrected chi connectivity index (χ1v) is 6.87. The number of rotatable bonds is 3. The highest BCUT2D eigenvalue weighted by molar-refractivity contribution is 5.26. The first-order chi connectivity index (χ1) is 9.26. The quantitative estimate of drug-likeness (QED) is 0.910. The van der Waals surface area contributed by atoms with Crippen LogP contribution in [-0.2, 0) is 12.1 Å². The zero-order valence-electron chi connectivity index (χ0n) is 11.1. The molecule has 1 heterocycles. The fourth-order valence-corrected chi connectivity index (χ4v) is 2.90. The summed E-state index contributed by atoms with van der Waals surface area (Å²) in [4.78, 5) is 2.45. The van der Waals surface area contributed by atoms with Crippen molar-refractivity contribution in [2.24, 2.45) is 5.73 Å². The van der Waals surface area contributed by atoms with Gasteiger partial charge in [-0.25, -0.2) is 0 Å². The van der Waals surface area contributed by atoms with Crippen LogP contribution in [0, 0.1) is 0 Å². The lowest BCUT2D eigenvalue weighted by molar-refractivity contribution is 0.305. The lowest BCUT2D eigenvalue weighted by atomic mass is 9.90. The van der Waals surface area contributed by atoms with Crippen molar-refractivity contribution in [2.75, 3.05) is 13.1 Å². The monoisotopic (exact) mass is 252 g/mol. The Kier molecular flexibility index (Phi) is 3.36. The highest BCUT2D eigenvalue weighted by Gasteiger charge is 2.35. The molecule has 0 bridgehead atoms. The van der Waals surface area contributed by atoms with Gasteiger partial charge in [0.05, 0.1) is 5.54 Å². The lowest BCUT2D eigenvalue weighted by Gasteiger charge is -2.25. The zero-order chi connectivity index (χ0) is 13.1. The molecule has 0 spiro atoms. The molecule has 1 aliphatic rings. The Balaban J connectivity index is 1.70. The third-order valence-electron chi connectivity index (χ3n) is 3.98. The number of likely N-dealkylation sites (tertiary alicyclic amines) is 1. The number of hydrogen-bond donors (Lipinski definition) is 1. The van der Waals surface area contributed by atoms with Crippen molar-refractivity contribution in [2.45, 2.75) is 18.5 Å². The average Bonchev–Trinajstić information content (AvgIpc) is 2.84. The number of nitrogens with zero attached hydrogens (tertiary/aromatic N) is 1. The molecule has 1 aliphatic heterocycles. The summed E-state index contributed by atoms with van der Waals surface area (Å²) in [6.45, 7) is 3.00. The van der Waals surface area contributed by atoms with Gasteiger partial charge in [0.1, 0.15) is 0 Å². The molecule has 2 heteroatoms. The van der Waals surface area contributed by atoms with Crippen molar-refractivity contribution in [1.29, 1.82) is 0 Å². The van der Waals surface area contributed by atoms with Gasteiger partial charge in [-0.05, 0) is 17.5 Å². The van der Waals surface area contributed by atoms with E-state index in [0.29, 0.717) is 0 Å². The van der Waals surface area contributed by atoms with Crippen molar-refractivity contribution >= 4 is 0 Å². The maximum atomic E-state index is 6.58. The van der Waals surface area contributed by atoms with E-state index < -0.39 is 0 Å². The normalized spacial score (nSPS) is 23.6. The Morgan fingerprint density at radius 3 is 2.26 bits per heavy atom. The van der Waals surface area contributed by atoms with Crippen LogP contribution in [0.5, 0.6) is 0 Å². The third-order valence-corrected chi connectivity index (χ3v) is 3.98. The maximum Gasteiger partial charge on any atom is 0.0550 e. The van der Waals surface area contributed by atoms with Gasteiger partial charge in [0.2, 0.25) is 0 Å². The second kappa shape index (κ2) is 5.16. The Morgan fingerprint density at radius 1 is 0.947 bits per heavy atom. The van der Waals surface area contributed by atoms with Crippen LogP contribution in [0.1, 0.15) is 17.5 Å². The van der Waals surface area contributed by atoms with E-state index in [2.05, 4.69) is 59.5 Å². The third kappa shape index (κ3) is 2.70. The first-order valence-electron chi connectivity index (χ1n) is 6.87. The van der Waals surface area contributed by atoms with Crippen molar-refractivity contribution in [3.63, 3.8) is 0 Å². The van der Waals surface area contributed by atoms with Gasteiger partial charge in [-0.1, -0.05) is 60.7 Å². The zero-order valence-corrected chi connectivity index (χ0v) is 11.1. The van der Waals surface area contributed by atoms with Crippen LogP contribution in [0.4, 0.5) is 0 Å². The summed E-state index contributed by atoms with van der Waals surface area (Å²) in [5, 5.41) is 0. The fourth-order valence-electron chi connectivity index (χ4n) is 2.90. The Hall–Kier alpha value is -1.64. The van der Waals surface area contributed by atoms with Crippen LogP contribution in [0.2, 0.25) is 0 Å². The molecule has 3 rings (SSSR count). The Morgan fingerprint density at radius 2 is 1.58 bits per heavy atom. The van der Waals surface area contributed by atoms with Crippen LogP contribution in [0.15, 0.2) is 60.7 Å². The Labute approximate surface area is 114 Å². The molecule has 0 unspecified atom stereocenters. The molecule has 1 fully saturated rings. The highest BCUT2D eigenvalue weighted by Crippen LogP contribution is 2.30. The number of hydrogen-bond acceptors (Lipinski definition) is 2. The van der Waals surface area contributed by atoms with Crippen LogP contribution >= 0.6 is 0 Å². The minimum absolute atomic E-state index is 0.184. The van der Waals surface area contributed by atoms with Crippen LogP contribution in [0.25, 0.3) is 0 Å². The molecule has 2 aromatic carbocycles. The van der Waals surface area contributed by atoms with Crippen molar-refractivity contribution in [3.05, 3.63) is 71.8 Å². The molecule has 2 nitrogen and oxygen atoms in total. The molecule has 2 N–H and O–H groups in total. The summed E-state index contributed by atoms with van der Waals surface area (Å²) in [6, 6.07) is 21.1. The van der Waals surface area contributed by atoms with Crippen molar-refractivity contribution in [3.8, 4) is 0 Å². The molecule has 1 saturated heterocycles. The molecule has 0 saturated carbocycles.